The molecular formula is C19H26FN5O. The number of morpholine rings is 1. The minimum absolute atomic E-state index is 0.0742. The van der Waals surface area contributed by atoms with Gasteiger partial charge < -0.3 is 4.74 Å². The van der Waals surface area contributed by atoms with E-state index in [1.807, 2.05) is 10.7 Å². The van der Waals surface area contributed by atoms with Gasteiger partial charge in [-0.1, -0.05) is 37.5 Å². The molecule has 7 heteroatoms. The molecule has 26 heavy (non-hydrogen) atoms. The molecule has 1 saturated heterocycles. The van der Waals surface area contributed by atoms with Gasteiger partial charge in [0.05, 0.1) is 24.8 Å². The summed E-state index contributed by atoms with van der Waals surface area (Å²) in [5, 5.41) is 12.6. The van der Waals surface area contributed by atoms with Gasteiger partial charge in [-0.15, -0.1) is 5.10 Å². The largest absolute Gasteiger partial charge is 0.371 e. The third kappa shape index (κ3) is 3.50. The van der Waals surface area contributed by atoms with Gasteiger partial charge >= 0.3 is 0 Å². The lowest BCUT2D eigenvalue weighted by atomic mass is 9.95. The summed E-state index contributed by atoms with van der Waals surface area (Å²) in [7, 11) is 0. The highest BCUT2D eigenvalue weighted by Crippen LogP contribution is 2.32. The fraction of sp³-hybridized carbons (Fsp3) is 0.632. The van der Waals surface area contributed by atoms with Crippen LogP contribution >= 0.6 is 0 Å². The van der Waals surface area contributed by atoms with Crippen LogP contribution in [0.15, 0.2) is 24.3 Å². The van der Waals surface area contributed by atoms with Crippen molar-refractivity contribution in [3.05, 3.63) is 41.5 Å². The van der Waals surface area contributed by atoms with Gasteiger partial charge in [0.15, 0.2) is 5.82 Å². The van der Waals surface area contributed by atoms with Crippen LogP contribution in [0.5, 0.6) is 0 Å². The fourth-order valence-electron chi connectivity index (χ4n) is 4.17. The summed E-state index contributed by atoms with van der Waals surface area (Å²) in [6.07, 6.45) is 5.82. The average Bonchev–Trinajstić information content (AvgIpc) is 3.18. The molecule has 6 nitrogen and oxygen atoms in total. The van der Waals surface area contributed by atoms with E-state index in [2.05, 4.69) is 27.3 Å². The molecule has 140 valence electrons. The Morgan fingerprint density at radius 3 is 2.81 bits per heavy atom. The predicted molar refractivity (Wildman–Crippen MR) is 95.0 cm³/mol. The highest BCUT2D eigenvalue weighted by molar-refractivity contribution is 5.21. The lowest BCUT2D eigenvalue weighted by molar-refractivity contribution is -0.0464. The maximum absolute atomic E-state index is 14.1. The van der Waals surface area contributed by atoms with E-state index in [4.69, 9.17) is 4.74 Å². The Morgan fingerprint density at radius 1 is 1.19 bits per heavy atom. The van der Waals surface area contributed by atoms with Gasteiger partial charge in [-0.3, -0.25) is 4.90 Å². The third-order valence-corrected chi connectivity index (χ3v) is 5.71. The van der Waals surface area contributed by atoms with E-state index in [0.717, 1.165) is 25.2 Å². The molecule has 1 aromatic carbocycles. The number of ether oxygens (including phenoxy) is 1. The normalized spacial score (nSPS) is 23.8. The first-order valence-electron chi connectivity index (χ1n) is 9.62. The number of aromatic nitrogens is 4. The number of benzene rings is 1. The van der Waals surface area contributed by atoms with Crippen molar-refractivity contribution in [1.82, 2.24) is 25.1 Å². The molecular weight excluding hydrogens is 333 g/mol. The van der Waals surface area contributed by atoms with Crippen LogP contribution < -0.4 is 0 Å². The lowest BCUT2D eigenvalue weighted by Gasteiger charge is -2.37. The molecule has 2 aliphatic rings. The molecule has 0 radical (unpaired) electrons. The van der Waals surface area contributed by atoms with Crippen LogP contribution in [0.2, 0.25) is 0 Å². The van der Waals surface area contributed by atoms with Crippen LogP contribution in [-0.4, -0.2) is 44.8 Å². The van der Waals surface area contributed by atoms with Gasteiger partial charge in [0.1, 0.15) is 5.82 Å². The van der Waals surface area contributed by atoms with Gasteiger partial charge in [0.2, 0.25) is 0 Å². The number of tetrazole rings is 1. The van der Waals surface area contributed by atoms with Crippen LogP contribution in [0.4, 0.5) is 4.39 Å². The van der Waals surface area contributed by atoms with Crippen molar-refractivity contribution >= 4 is 0 Å². The topological polar surface area (TPSA) is 56.1 Å². The molecule has 4 rings (SSSR count). The number of hydrogen-bond acceptors (Lipinski definition) is 5. The summed E-state index contributed by atoms with van der Waals surface area (Å²) in [6.45, 7) is 4.15. The Morgan fingerprint density at radius 2 is 2.00 bits per heavy atom. The zero-order chi connectivity index (χ0) is 17.9. The molecule has 1 aliphatic carbocycles. The molecule has 0 amide bonds. The highest BCUT2D eigenvalue weighted by atomic mass is 19.1. The van der Waals surface area contributed by atoms with Crippen molar-refractivity contribution in [2.45, 2.75) is 57.2 Å². The summed E-state index contributed by atoms with van der Waals surface area (Å²) in [5.41, 5.74) is 0.622. The molecule has 2 heterocycles. The van der Waals surface area contributed by atoms with Crippen molar-refractivity contribution in [3.63, 3.8) is 0 Å². The van der Waals surface area contributed by atoms with E-state index >= 15 is 0 Å². The fourth-order valence-corrected chi connectivity index (χ4v) is 4.17. The quantitative estimate of drug-likeness (QED) is 0.837. The van der Waals surface area contributed by atoms with Crippen molar-refractivity contribution in [3.8, 4) is 0 Å². The van der Waals surface area contributed by atoms with Gasteiger partial charge in [0, 0.05) is 18.7 Å². The Bertz CT molecular complexity index is 730. The second kappa shape index (κ2) is 7.80. The molecule has 2 aromatic rings. The third-order valence-electron chi connectivity index (χ3n) is 5.71. The van der Waals surface area contributed by atoms with Crippen LogP contribution in [0.3, 0.4) is 0 Å². The van der Waals surface area contributed by atoms with E-state index < -0.39 is 0 Å². The van der Waals surface area contributed by atoms with E-state index in [9.17, 15) is 4.39 Å². The Balaban J connectivity index is 1.51. The molecule has 0 spiro atoms. The highest BCUT2D eigenvalue weighted by Gasteiger charge is 2.31. The summed E-state index contributed by atoms with van der Waals surface area (Å²) in [4.78, 5) is 2.30. The first-order valence-corrected chi connectivity index (χ1v) is 9.62. The zero-order valence-corrected chi connectivity index (χ0v) is 15.2. The van der Waals surface area contributed by atoms with Gasteiger partial charge in [-0.05, 0) is 36.3 Å². The van der Waals surface area contributed by atoms with Crippen molar-refractivity contribution in [1.29, 1.82) is 0 Å². The van der Waals surface area contributed by atoms with Crippen molar-refractivity contribution < 1.29 is 9.13 Å². The van der Waals surface area contributed by atoms with Crippen LogP contribution in [-0.2, 0) is 4.74 Å². The smallest absolute Gasteiger partial charge is 0.168 e. The van der Waals surface area contributed by atoms with Crippen molar-refractivity contribution in [2.75, 3.05) is 19.7 Å². The SMILES string of the molecule is CC(c1nnnn1C1CCCCC1)N1CCOC(c2ccccc2F)C1. The number of nitrogens with zero attached hydrogens (tertiary/aromatic N) is 5. The molecule has 1 saturated carbocycles. The Kier molecular flexibility index (Phi) is 5.26. The molecule has 2 unspecified atom stereocenters. The second-order valence-corrected chi connectivity index (χ2v) is 7.33. The van der Waals surface area contributed by atoms with Crippen LogP contribution in [0.25, 0.3) is 0 Å². The molecule has 1 aromatic heterocycles. The number of halogens is 1. The minimum atomic E-state index is -0.258. The maximum atomic E-state index is 14.1. The standard InChI is InChI=1S/C19H26FN5O/c1-14(19-21-22-23-25(19)15-7-3-2-4-8-15)24-11-12-26-18(13-24)16-9-5-6-10-17(16)20/h5-6,9-10,14-15,18H,2-4,7-8,11-13H2,1H3. The molecule has 2 fully saturated rings. The summed E-state index contributed by atoms with van der Waals surface area (Å²) in [5.74, 6) is 0.699. The summed E-state index contributed by atoms with van der Waals surface area (Å²) in [6, 6.07) is 7.34. The van der Waals surface area contributed by atoms with E-state index in [1.165, 1.54) is 25.3 Å². The summed E-state index contributed by atoms with van der Waals surface area (Å²) >= 11 is 0. The average molecular weight is 359 g/mol. The predicted octanol–water partition coefficient (Wildman–Crippen LogP) is 3.45. The Hall–Kier alpha value is -1.86. The minimum Gasteiger partial charge on any atom is -0.371 e. The van der Waals surface area contributed by atoms with Crippen LogP contribution in [0, 0.1) is 5.82 Å². The number of hydrogen-bond donors (Lipinski definition) is 0. The molecule has 0 N–H and O–H groups in total. The summed E-state index contributed by atoms with van der Waals surface area (Å²) < 4.78 is 22.0. The monoisotopic (exact) mass is 359 g/mol. The van der Waals surface area contributed by atoms with E-state index in [-0.39, 0.29) is 18.0 Å². The van der Waals surface area contributed by atoms with Crippen molar-refractivity contribution in [2.24, 2.45) is 0 Å². The number of rotatable bonds is 4. The molecule has 1 aliphatic heterocycles. The van der Waals surface area contributed by atoms with Gasteiger partial charge in [-0.2, -0.15) is 0 Å². The molecule has 0 bridgehead atoms. The van der Waals surface area contributed by atoms with Crippen LogP contribution in [0.1, 0.15) is 68.6 Å². The van der Waals surface area contributed by atoms with E-state index in [1.54, 1.807) is 12.1 Å². The lowest BCUT2D eigenvalue weighted by Crippen LogP contribution is -2.41. The first-order chi connectivity index (χ1) is 12.7. The van der Waals surface area contributed by atoms with Gasteiger partial charge in [0.25, 0.3) is 0 Å². The first kappa shape index (κ1) is 17.5. The second-order valence-electron chi connectivity index (χ2n) is 7.33. The van der Waals surface area contributed by atoms with E-state index in [0.29, 0.717) is 24.8 Å². The Labute approximate surface area is 153 Å². The zero-order valence-electron chi connectivity index (χ0n) is 15.2. The maximum Gasteiger partial charge on any atom is 0.168 e. The van der Waals surface area contributed by atoms with Gasteiger partial charge in [-0.25, -0.2) is 9.07 Å². The molecule has 2 atom stereocenters.